The molecule has 1 N–H and O–H groups in total. The summed E-state index contributed by atoms with van der Waals surface area (Å²) in [4.78, 5) is 12.3. The fourth-order valence-electron chi connectivity index (χ4n) is 2.40. The lowest BCUT2D eigenvalue weighted by Crippen LogP contribution is -2.20. The summed E-state index contributed by atoms with van der Waals surface area (Å²) >= 11 is 0. The maximum absolute atomic E-state index is 12.3. The summed E-state index contributed by atoms with van der Waals surface area (Å²) < 4.78 is 5.57. The summed E-state index contributed by atoms with van der Waals surface area (Å²) in [6.07, 6.45) is 0.977. The van der Waals surface area contributed by atoms with Gasteiger partial charge in [-0.2, -0.15) is 5.10 Å². The Morgan fingerprint density at radius 2 is 1.58 bits per heavy atom. The number of rotatable bonds is 6. The van der Waals surface area contributed by atoms with E-state index in [9.17, 15) is 4.79 Å². The molecule has 0 bridgehead atoms. The van der Waals surface area contributed by atoms with E-state index in [1.54, 1.807) is 0 Å². The Morgan fingerprint density at radius 1 is 1.00 bits per heavy atom. The summed E-state index contributed by atoms with van der Waals surface area (Å²) in [6, 6.07) is 15.3. The van der Waals surface area contributed by atoms with E-state index >= 15 is 0 Å². The van der Waals surface area contributed by atoms with E-state index in [4.69, 9.17) is 4.74 Å². The van der Waals surface area contributed by atoms with Crippen molar-refractivity contribution in [2.75, 3.05) is 6.61 Å². The zero-order chi connectivity index (χ0) is 19.2. The molecule has 2 rings (SSSR count). The van der Waals surface area contributed by atoms with E-state index < -0.39 is 0 Å². The molecule has 26 heavy (non-hydrogen) atoms. The molecule has 0 radical (unpaired) electrons. The first-order valence-corrected chi connectivity index (χ1v) is 8.99. The van der Waals surface area contributed by atoms with Crippen LogP contribution in [0.5, 0.6) is 5.75 Å². The van der Waals surface area contributed by atoms with Gasteiger partial charge < -0.3 is 4.74 Å². The second-order valence-corrected chi connectivity index (χ2v) is 7.34. The van der Waals surface area contributed by atoms with Crippen LogP contribution in [-0.4, -0.2) is 18.2 Å². The lowest BCUT2D eigenvalue weighted by molar-refractivity contribution is 0.0955. The maximum atomic E-state index is 12.3. The molecule has 2 aromatic carbocycles. The van der Waals surface area contributed by atoms with E-state index in [2.05, 4.69) is 38.2 Å². The van der Waals surface area contributed by atoms with Crippen LogP contribution in [0, 0.1) is 0 Å². The lowest BCUT2D eigenvalue weighted by atomic mass is 9.87. The normalized spacial score (nSPS) is 12.0. The second kappa shape index (κ2) is 8.65. The summed E-state index contributed by atoms with van der Waals surface area (Å²) in [5.41, 5.74) is 6.16. The average Bonchev–Trinajstić information content (AvgIpc) is 2.64. The maximum Gasteiger partial charge on any atom is 0.271 e. The SMILES string of the molecule is CCCOc1ccc(/C(C)=N\NC(=O)c2ccc(C(C)(C)C)cc2)cc1. The Labute approximate surface area is 156 Å². The van der Waals surface area contributed by atoms with E-state index in [1.807, 2.05) is 55.5 Å². The van der Waals surface area contributed by atoms with Crippen molar-refractivity contribution in [2.45, 2.75) is 46.5 Å². The van der Waals surface area contributed by atoms with Gasteiger partial charge >= 0.3 is 0 Å². The third-order valence-corrected chi connectivity index (χ3v) is 4.08. The lowest BCUT2D eigenvalue weighted by Gasteiger charge is -2.18. The van der Waals surface area contributed by atoms with Crippen LogP contribution < -0.4 is 10.2 Å². The van der Waals surface area contributed by atoms with Gasteiger partial charge in [0.1, 0.15) is 5.75 Å². The molecular weight excluding hydrogens is 324 g/mol. The topological polar surface area (TPSA) is 50.7 Å². The van der Waals surface area contributed by atoms with Crippen LogP contribution in [0.2, 0.25) is 0 Å². The predicted molar refractivity (Wildman–Crippen MR) is 107 cm³/mol. The Hall–Kier alpha value is -2.62. The third kappa shape index (κ3) is 5.45. The van der Waals surface area contributed by atoms with Crippen LogP contribution >= 0.6 is 0 Å². The number of hydrogen-bond acceptors (Lipinski definition) is 3. The van der Waals surface area contributed by atoms with Crippen LogP contribution in [0.1, 0.15) is 62.5 Å². The summed E-state index contributed by atoms with van der Waals surface area (Å²) in [7, 11) is 0. The van der Waals surface area contributed by atoms with Crippen molar-refractivity contribution < 1.29 is 9.53 Å². The van der Waals surface area contributed by atoms with Gasteiger partial charge in [0, 0.05) is 5.56 Å². The van der Waals surface area contributed by atoms with Crippen molar-refractivity contribution in [3.05, 3.63) is 65.2 Å². The highest BCUT2D eigenvalue weighted by Gasteiger charge is 2.14. The average molecular weight is 352 g/mol. The molecule has 1 amide bonds. The first-order chi connectivity index (χ1) is 12.3. The summed E-state index contributed by atoms with van der Waals surface area (Å²) in [6.45, 7) is 11.1. The van der Waals surface area contributed by atoms with E-state index in [0.29, 0.717) is 12.2 Å². The molecule has 0 saturated carbocycles. The number of carbonyl (C=O) groups excluding carboxylic acids is 1. The predicted octanol–water partition coefficient (Wildman–Crippen LogP) is 4.93. The van der Waals surface area contributed by atoms with Gasteiger partial charge in [-0.3, -0.25) is 4.79 Å². The molecule has 0 aromatic heterocycles. The van der Waals surface area contributed by atoms with E-state index in [1.165, 1.54) is 5.56 Å². The molecule has 0 aliphatic carbocycles. The van der Waals surface area contributed by atoms with Gasteiger partial charge in [-0.05, 0) is 66.3 Å². The molecule has 138 valence electrons. The number of benzene rings is 2. The fraction of sp³-hybridized carbons (Fsp3) is 0.364. The molecule has 0 aliphatic rings. The number of nitrogens with zero attached hydrogens (tertiary/aromatic N) is 1. The number of ether oxygens (including phenoxy) is 1. The van der Waals surface area contributed by atoms with Crippen molar-refractivity contribution in [3.8, 4) is 5.75 Å². The van der Waals surface area contributed by atoms with Crippen LogP contribution in [-0.2, 0) is 5.41 Å². The van der Waals surface area contributed by atoms with Gasteiger partial charge in [0.2, 0.25) is 0 Å². The van der Waals surface area contributed by atoms with Gasteiger partial charge in [-0.15, -0.1) is 0 Å². The smallest absolute Gasteiger partial charge is 0.271 e. The molecular formula is C22H28N2O2. The highest BCUT2D eigenvalue weighted by Crippen LogP contribution is 2.22. The largest absolute Gasteiger partial charge is 0.494 e. The van der Waals surface area contributed by atoms with Gasteiger partial charge in [-0.25, -0.2) is 5.43 Å². The van der Waals surface area contributed by atoms with Gasteiger partial charge in [-0.1, -0.05) is 39.8 Å². The molecule has 0 aliphatic heterocycles. The first kappa shape index (κ1) is 19.7. The fourth-order valence-corrected chi connectivity index (χ4v) is 2.40. The Balaban J connectivity index is 2.00. The zero-order valence-electron chi connectivity index (χ0n) is 16.3. The molecule has 4 heteroatoms. The van der Waals surface area contributed by atoms with E-state index in [0.717, 1.165) is 23.4 Å². The minimum atomic E-state index is -0.215. The molecule has 0 spiro atoms. The molecule has 0 unspecified atom stereocenters. The number of nitrogens with one attached hydrogen (secondary N) is 1. The van der Waals surface area contributed by atoms with E-state index in [-0.39, 0.29) is 11.3 Å². The molecule has 4 nitrogen and oxygen atoms in total. The molecule has 0 heterocycles. The molecule has 0 saturated heterocycles. The number of amides is 1. The molecule has 2 aromatic rings. The minimum Gasteiger partial charge on any atom is -0.494 e. The number of hydrazone groups is 1. The Kier molecular flexibility index (Phi) is 6.56. The van der Waals surface area contributed by atoms with Crippen molar-refractivity contribution in [3.63, 3.8) is 0 Å². The Bertz CT molecular complexity index is 754. The quantitative estimate of drug-likeness (QED) is 0.592. The van der Waals surface area contributed by atoms with Crippen molar-refractivity contribution in [2.24, 2.45) is 5.10 Å². The first-order valence-electron chi connectivity index (χ1n) is 8.99. The van der Waals surface area contributed by atoms with Gasteiger partial charge in [0.25, 0.3) is 5.91 Å². The monoisotopic (exact) mass is 352 g/mol. The number of carbonyl (C=O) groups is 1. The van der Waals surface area contributed by atoms with Crippen molar-refractivity contribution >= 4 is 11.6 Å². The summed E-state index contributed by atoms with van der Waals surface area (Å²) in [5.74, 6) is 0.624. The highest BCUT2D eigenvalue weighted by molar-refractivity contribution is 6.00. The zero-order valence-corrected chi connectivity index (χ0v) is 16.3. The third-order valence-electron chi connectivity index (χ3n) is 4.08. The van der Waals surface area contributed by atoms with Crippen molar-refractivity contribution in [1.82, 2.24) is 5.43 Å². The second-order valence-electron chi connectivity index (χ2n) is 7.34. The van der Waals surface area contributed by atoms with Crippen LogP contribution in [0.4, 0.5) is 0 Å². The molecule has 0 fully saturated rings. The van der Waals surface area contributed by atoms with Crippen LogP contribution in [0.15, 0.2) is 53.6 Å². The van der Waals surface area contributed by atoms with Crippen LogP contribution in [0.25, 0.3) is 0 Å². The van der Waals surface area contributed by atoms with Crippen LogP contribution in [0.3, 0.4) is 0 Å². The standard InChI is InChI=1S/C22H28N2O2/c1-6-15-26-20-13-9-17(10-14-20)16(2)23-24-21(25)18-7-11-19(12-8-18)22(3,4)5/h7-14H,6,15H2,1-5H3,(H,24,25)/b23-16-. The highest BCUT2D eigenvalue weighted by atomic mass is 16.5. The summed E-state index contributed by atoms with van der Waals surface area (Å²) in [5, 5.41) is 4.21. The minimum absolute atomic E-state index is 0.0662. The molecule has 0 atom stereocenters. The van der Waals surface area contributed by atoms with Gasteiger partial charge in [0.15, 0.2) is 0 Å². The Morgan fingerprint density at radius 3 is 2.12 bits per heavy atom. The van der Waals surface area contributed by atoms with Gasteiger partial charge in [0.05, 0.1) is 12.3 Å². The van der Waals surface area contributed by atoms with Crippen molar-refractivity contribution in [1.29, 1.82) is 0 Å². The number of hydrogen-bond donors (Lipinski definition) is 1.